The summed E-state index contributed by atoms with van der Waals surface area (Å²) in [5, 5.41) is 11.6. The summed E-state index contributed by atoms with van der Waals surface area (Å²) in [6.07, 6.45) is 3.42. The minimum Gasteiger partial charge on any atom is -0.367 e. The van der Waals surface area contributed by atoms with Crippen LogP contribution in [0.3, 0.4) is 0 Å². The molecule has 0 atom stereocenters. The Morgan fingerprint density at radius 1 is 1.04 bits per heavy atom. The average Bonchev–Trinajstić information content (AvgIpc) is 3.12. The van der Waals surface area contributed by atoms with E-state index in [1.54, 1.807) is 18.6 Å². The Hall–Kier alpha value is -3.28. The van der Waals surface area contributed by atoms with Gasteiger partial charge in [0.05, 0.1) is 0 Å². The summed E-state index contributed by atoms with van der Waals surface area (Å²) < 4.78 is 15.9. The van der Waals surface area contributed by atoms with Gasteiger partial charge in [0.25, 0.3) is 0 Å². The molecule has 0 saturated heterocycles. The molecule has 3 heterocycles. The molecule has 26 heavy (non-hydrogen) atoms. The molecule has 0 aliphatic rings. The number of nitrogens with zero attached hydrogens (tertiary/aromatic N) is 4. The Bertz CT molecular complexity index is 1070. The predicted octanol–water partition coefficient (Wildman–Crippen LogP) is 4.16. The maximum atomic E-state index is 14.1. The van der Waals surface area contributed by atoms with Gasteiger partial charge in [-0.25, -0.2) is 4.39 Å². The lowest BCUT2D eigenvalue weighted by Gasteiger charge is -2.13. The van der Waals surface area contributed by atoms with Crippen molar-refractivity contribution in [2.24, 2.45) is 0 Å². The van der Waals surface area contributed by atoms with Gasteiger partial charge >= 0.3 is 0 Å². The van der Waals surface area contributed by atoms with Crippen LogP contribution in [-0.2, 0) is 6.54 Å². The molecule has 1 N–H and O–H groups in total. The molecule has 0 amide bonds. The van der Waals surface area contributed by atoms with E-state index < -0.39 is 0 Å². The van der Waals surface area contributed by atoms with E-state index >= 15 is 0 Å². The monoisotopic (exact) mass is 347 g/mol. The number of hydrogen-bond donors (Lipinski definition) is 1. The molecule has 1 aromatic carbocycles. The fraction of sp³-hybridized carbons (Fsp3) is 0.150. The second-order valence-corrected chi connectivity index (χ2v) is 6.18. The van der Waals surface area contributed by atoms with Crippen LogP contribution in [0, 0.1) is 19.7 Å². The first kappa shape index (κ1) is 16.2. The van der Waals surface area contributed by atoms with Gasteiger partial charge < -0.3 is 5.32 Å². The van der Waals surface area contributed by atoms with Gasteiger partial charge in [0.2, 0.25) is 0 Å². The topological polar surface area (TPSA) is 55.1 Å². The lowest BCUT2D eigenvalue weighted by atomic mass is 10.1. The van der Waals surface area contributed by atoms with E-state index in [9.17, 15) is 4.39 Å². The van der Waals surface area contributed by atoms with Crippen LogP contribution in [0.5, 0.6) is 0 Å². The van der Waals surface area contributed by atoms with Gasteiger partial charge in [-0.15, -0.1) is 10.2 Å². The van der Waals surface area contributed by atoms with E-state index in [4.69, 9.17) is 0 Å². The third-order valence-electron chi connectivity index (χ3n) is 4.55. The number of fused-ring (bicyclic) bond motifs is 1. The molecule has 5 nitrogen and oxygen atoms in total. The van der Waals surface area contributed by atoms with Crippen molar-refractivity contribution in [3.05, 3.63) is 77.6 Å². The SMILES string of the molecule is Cc1cccc(F)c1CNc1ccc(-c2cccnc2C)c2nncn12. The summed E-state index contributed by atoms with van der Waals surface area (Å²) in [6.45, 7) is 4.26. The molecule has 0 fully saturated rings. The summed E-state index contributed by atoms with van der Waals surface area (Å²) >= 11 is 0. The summed E-state index contributed by atoms with van der Waals surface area (Å²) in [4.78, 5) is 4.35. The van der Waals surface area contributed by atoms with Crippen molar-refractivity contribution in [1.29, 1.82) is 0 Å². The lowest BCUT2D eigenvalue weighted by Crippen LogP contribution is -2.07. The highest BCUT2D eigenvalue weighted by Gasteiger charge is 2.12. The summed E-state index contributed by atoms with van der Waals surface area (Å²) in [7, 11) is 0. The van der Waals surface area contributed by atoms with Crippen molar-refractivity contribution >= 4 is 11.5 Å². The number of hydrogen-bond acceptors (Lipinski definition) is 4. The molecule has 0 unspecified atom stereocenters. The molecular formula is C20H18FN5. The number of aryl methyl sites for hydroxylation is 2. The van der Waals surface area contributed by atoms with E-state index in [0.717, 1.165) is 33.8 Å². The van der Waals surface area contributed by atoms with Crippen LogP contribution in [0.1, 0.15) is 16.8 Å². The molecule has 3 aromatic heterocycles. The van der Waals surface area contributed by atoms with E-state index in [0.29, 0.717) is 12.1 Å². The molecule has 130 valence electrons. The van der Waals surface area contributed by atoms with Crippen molar-refractivity contribution in [1.82, 2.24) is 19.6 Å². The van der Waals surface area contributed by atoms with Crippen LogP contribution >= 0.6 is 0 Å². The van der Waals surface area contributed by atoms with Gasteiger partial charge in [-0.05, 0) is 43.7 Å². The number of halogens is 1. The van der Waals surface area contributed by atoms with Crippen LogP contribution in [0.2, 0.25) is 0 Å². The van der Waals surface area contributed by atoms with E-state index in [1.165, 1.54) is 6.07 Å². The molecule has 0 aliphatic carbocycles. The highest BCUT2D eigenvalue weighted by molar-refractivity contribution is 5.80. The Labute approximate surface area is 150 Å². The molecule has 0 radical (unpaired) electrons. The Morgan fingerprint density at radius 2 is 1.92 bits per heavy atom. The maximum absolute atomic E-state index is 14.1. The van der Waals surface area contributed by atoms with Gasteiger partial charge in [-0.1, -0.05) is 18.2 Å². The standard InChI is InChI=1S/C20H18FN5/c1-13-5-3-7-18(21)17(13)11-23-19-9-8-16(20-25-24-12-26(19)20)15-6-4-10-22-14(15)2/h3-10,12,23H,11H2,1-2H3. The number of pyridine rings is 2. The van der Waals surface area contributed by atoms with Gasteiger partial charge in [0.15, 0.2) is 5.65 Å². The first-order chi connectivity index (χ1) is 12.6. The zero-order valence-electron chi connectivity index (χ0n) is 14.6. The minimum atomic E-state index is -0.208. The second-order valence-electron chi connectivity index (χ2n) is 6.18. The Balaban J connectivity index is 1.71. The highest BCUT2D eigenvalue weighted by Crippen LogP contribution is 2.28. The third-order valence-corrected chi connectivity index (χ3v) is 4.55. The highest BCUT2D eigenvalue weighted by atomic mass is 19.1. The zero-order chi connectivity index (χ0) is 18.1. The van der Waals surface area contributed by atoms with E-state index in [2.05, 4.69) is 20.5 Å². The van der Waals surface area contributed by atoms with Gasteiger partial charge in [0.1, 0.15) is 18.0 Å². The normalized spacial score (nSPS) is 11.0. The number of anilines is 1. The van der Waals surface area contributed by atoms with Crippen LogP contribution in [0.15, 0.2) is 55.0 Å². The quantitative estimate of drug-likeness (QED) is 0.602. The molecule has 0 saturated carbocycles. The average molecular weight is 347 g/mol. The lowest BCUT2D eigenvalue weighted by molar-refractivity contribution is 0.611. The van der Waals surface area contributed by atoms with Crippen molar-refractivity contribution in [2.75, 3.05) is 5.32 Å². The van der Waals surface area contributed by atoms with Crippen molar-refractivity contribution < 1.29 is 4.39 Å². The zero-order valence-corrected chi connectivity index (χ0v) is 14.6. The number of benzene rings is 1. The van der Waals surface area contributed by atoms with Gasteiger partial charge in [0, 0.05) is 35.1 Å². The molecular weight excluding hydrogens is 329 g/mol. The summed E-state index contributed by atoms with van der Waals surface area (Å²) in [5.74, 6) is 0.595. The predicted molar refractivity (Wildman–Crippen MR) is 99.4 cm³/mol. The fourth-order valence-corrected chi connectivity index (χ4v) is 3.10. The molecule has 6 heteroatoms. The second kappa shape index (κ2) is 6.55. The minimum absolute atomic E-state index is 0.208. The van der Waals surface area contributed by atoms with Crippen LogP contribution in [0.25, 0.3) is 16.8 Å². The fourth-order valence-electron chi connectivity index (χ4n) is 3.10. The Kier molecular flexibility index (Phi) is 4.08. The largest absolute Gasteiger partial charge is 0.367 e. The number of nitrogens with one attached hydrogen (secondary N) is 1. The first-order valence-corrected chi connectivity index (χ1v) is 8.38. The van der Waals surface area contributed by atoms with Crippen LogP contribution in [-0.4, -0.2) is 19.6 Å². The molecule has 0 aliphatic heterocycles. The number of aromatic nitrogens is 4. The maximum Gasteiger partial charge on any atom is 0.170 e. The van der Waals surface area contributed by atoms with E-state index in [-0.39, 0.29) is 5.82 Å². The molecule has 0 bridgehead atoms. The molecule has 4 rings (SSSR count). The van der Waals surface area contributed by atoms with E-state index in [1.807, 2.05) is 48.6 Å². The third kappa shape index (κ3) is 2.79. The van der Waals surface area contributed by atoms with Crippen molar-refractivity contribution in [2.45, 2.75) is 20.4 Å². The van der Waals surface area contributed by atoms with Crippen molar-refractivity contribution in [3.63, 3.8) is 0 Å². The Morgan fingerprint density at radius 3 is 2.73 bits per heavy atom. The van der Waals surface area contributed by atoms with Crippen LogP contribution < -0.4 is 5.32 Å². The summed E-state index contributed by atoms with van der Waals surface area (Å²) in [6, 6.07) is 13.0. The van der Waals surface area contributed by atoms with Gasteiger partial charge in [-0.3, -0.25) is 9.38 Å². The smallest absolute Gasteiger partial charge is 0.170 e. The molecule has 4 aromatic rings. The molecule has 0 spiro atoms. The van der Waals surface area contributed by atoms with Crippen LogP contribution in [0.4, 0.5) is 10.2 Å². The van der Waals surface area contributed by atoms with Crippen molar-refractivity contribution in [3.8, 4) is 11.1 Å². The summed E-state index contributed by atoms with van der Waals surface area (Å²) in [5.41, 5.74) is 5.21. The first-order valence-electron chi connectivity index (χ1n) is 8.38. The van der Waals surface area contributed by atoms with Gasteiger partial charge in [-0.2, -0.15) is 0 Å². The number of rotatable bonds is 4.